The molecule has 2 nitrogen and oxygen atoms in total. The Hall–Kier alpha value is -4.12. The molecule has 18 heteroatoms. The zero-order valence-corrected chi connectivity index (χ0v) is 19.3. The first-order valence-electron chi connectivity index (χ1n) is 10.4. The molecule has 0 fully saturated rings. The largest absolute Gasteiger partial charge is 0.432 e. The van der Waals surface area contributed by atoms with Crippen LogP contribution in [0.1, 0.15) is 12.5 Å². The number of halogens is 15. The molecule has 3 aromatic rings. The Morgan fingerprint density at radius 2 is 0.780 bits per heavy atom. The van der Waals surface area contributed by atoms with E-state index in [1.54, 1.807) is 0 Å². The lowest BCUT2D eigenvalue weighted by Crippen LogP contribution is -2.51. The van der Waals surface area contributed by atoms with Gasteiger partial charge in [-0.1, -0.05) is 0 Å². The fourth-order valence-corrected chi connectivity index (χ4v) is 3.63. The molecule has 0 aliphatic carbocycles. The normalized spacial score (nSPS) is 11.8. The van der Waals surface area contributed by atoms with E-state index in [1.807, 2.05) is 0 Å². The van der Waals surface area contributed by atoms with Crippen molar-refractivity contribution in [2.45, 2.75) is 13.2 Å². The summed E-state index contributed by atoms with van der Waals surface area (Å²) in [7, 11) is 0. The maximum Gasteiger partial charge on any atom is 0.307 e. The van der Waals surface area contributed by atoms with Gasteiger partial charge in [0.1, 0.15) is 5.76 Å². The molecule has 0 radical (unpaired) electrons. The zero-order valence-electron chi connectivity index (χ0n) is 19.3. The van der Waals surface area contributed by atoms with Gasteiger partial charge in [0.05, 0.1) is 5.56 Å². The molecule has 218 valence electrons. The molecule has 0 saturated carbocycles. The van der Waals surface area contributed by atoms with Gasteiger partial charge in [-0.05, 0) is 12.4 Å². The Bertz CT molecular complexity index is 1480. The van der Waals surface area contributed by atoms with Crippen LogP contribution in [0.4, 0.5) is 65.9 Å². The van der Waals surface area contributed by atoms with E-state index >= 15 is 0 Å². The number of carbonyl (C=O) groups is 1. The molecule has 0 atom stereocenters. The van der Waals surface area contributed by atoms with E-state index in [9.17, 15) is 70.7 Å². The van der Waals surface area contributed by atoms with Crippen LogP contribution >= 0.6 is 0 Å². The highest BCUT2D eigenvalue weighted by atomic mass is 19.2. The third-order valence-corrected chi connectivity index (χ3v) is 5.41. The Kier molecular flexibility index (Phi) is 8.74. The van der Waals surface area contributed by atoms with Crippen LogP contribution in [0.5, 0.6) is 0 Å². The van der Waals surface area contributed by atoms with Crippen molar-refractivity contribution < 1.29 is 75.4 Å². The minimum Gasteiger partial charge on any atom is -0.432 e. The maximum absolute atomic E-state index is 14.7. The average molecular weight is 610 g/mol. The van der Waals surface area contributed by atoms with Gasteiger partial charge >= 0.3 is 5.97 Å². The van der Waals surface area contributed by atoms with Crippen molar-refractivity contribution in [3.8, 4) is 0 Å². The molecule has 0 bridgehead atoms. The predicted octanol–water partition coefficient (Wildman–Crippen LogP) is 5.99. The van der Waals surface area contributed by atoms with E-state index in [4.69, 9.17) is 0 Å². The molecule has 3 rings (SSSR count). The van der Waals surface area contributed by atoms with Crippen molar-refractivity contribution in [1.29, 1.82) is 0 Å². The first-order valence-corrected chi connectivity index (χ1v) is 10.4. The van der Waals surface area contributed by atoms with E-state index in [2.05, 4.69) is 4.74 Å². The molecular weight excluding hydrogens is 604 g/mol. The van der Waals surface area contributed by atoms with Crippen LogP contribution in [-0.2, 0) is 9.53 Å². The molecule has 3 aromatic carbocycles. The highest BCUT2D eigenvalue weighted by molar-refractivity contribution is 6.85. The fraction of sp³-hybridized carbons (Fsp3) is 0.0870. The van der Waals surface area contributed by atoms with Gasteiger partial charge < -0.3 is 4.74 Å². The number of benzene rings is 3. The molecule has 0 aliphatic rings. The highest BCUT2D eigenvalue weighted by Gasteiger charge is 2.40. The molecule has 0 aliphatic heterocycles. The lowest BCUT2D eigenvalue weighted by atomic mass is 9.37. The lowest BCUT2D eigenvalue weighted by Gasteiger charge is -2.20. The number of hydrogen-bond acceptors (Lipinski definition) is 2. The monoisotopic (exact) mass is 610 g/mol. The molecule has 0 amide bonds. The van der Waals surface area contributed by atoms with Crippen molar-refractivity contribution >= 4 is 29.7 Å². The molecule has 0 unspecified atom stereocenters. The summed E-state index contributed by atoms with van der Waals surface area (Å²) in [6.07, 6.45) is -2.20. The average Bonchev–Trinajstić information content (AvgIpc) is 2.92. The minimum atomic E-state index is -3.25. The van der Waals surface area contributed by atoms with E-state index in [-0.39, 0.29) is 6.08 Å². The summed E-state index contributed by atoms with van der Waals surface area (Å²) < 4.78 is 215. The van der Waals surface area contributed by atoms with E-state index in [0.717, 1.165) is 0 Å². The summed E-state index contributed by atoms with van der Waals surface area (Å²) in [4.78, 5) is 11.5. The van der Waals surface area contributed by atoms with Crippen LogP contribution in [-0.4, -0.2) is 12.7 Å². The summed E-state index contributed by atoms with van der Waals surface area (Å²) >= 11 is 0. The van der Waals surface area contributed by atoms with Crippen LogP contribution < -0.4 is 10.9 Å². The summed E-state index contributed by atoms with van der Waals surface area (Å²) in [5.41, 5.74) is -6.54. The Morgan fingerprint density at radius 1 is 0.512 bits per heavy atom. The second kappa shape index (κ2) is 11.4. The second-order valence-corrected chi connectivity index (χ2v) is 7.91. The number of esters is 1. The van der Waals surface area contributed by atoms with Gasteiger partial charge in [0.25, 0.3) is 0 Å². The Balaban J connectivity index is 2.46. The molecule has 0 N–H and O–H groups in total. The number of hydrogen-bond donors (Lipinski definition) is 0. The smallest absolute Gasteiger partial charge is 0.307 e. The van der Waals surface area contributed by atoms with Crippen LogP contribution in [0.3, 0.4) is 0 Å². The maximum atomic E-state index is 14.7. The van der Waals surface area contributed by atoms with Crippen molar-refractivity contribution in [3.63, 3.8) is 0 Å². The number of carbonyl (C=O) groups excluding carboxylic acids is 1. The van der Waals surface area contributed by atoms with Crippen LogP contribution in [0, 0.1) is 87.3 Å². The summed E-state index contributed by atoms with van der Waals surface area (Å²) in [5, 5.41) is 0. The SMILES string of the molecule is CC(=O)O/C(=C\c1c(F)c(F)c(F)c(F)c1F)CB(c1c(F)c(F)c(F)c(F)c1F)c1c(F)c(F)c(F)c(F)c1F. The van der Waals surface area contributed by atoms with Crippen molar-refractivity contribution in [2.24, 2.45) is 0 Å². The molecule has 0 heterocycles. The highest BCUT2D eigenvalue weighted by Crippen LogP contribution is 2.28. The Labute approximate surface area is 217 Å². The summed E-state index contributed by atoms with van der Waals surface area (Å²) in [6, 6.07) is 0. The molecule has 0 aromatic heterocycles. The number of ether oxygens (including phenoxy) is 1. The number of allylic oxidation sites excluding steroid dienone is 1. The summed E-state index contributed by atoms with van der Waals surface area (Å²) in [6.45, 7) is -2.77. The second-order valence-electron chi connectivity index (χ2n) is 7.91. The van der Waals surface area contributed by atoms with Crippen LogP contribution in [0.25, 0.3) is 6.08 Å². The van der Waals surface area contributed by atoms with Crippen molar-refractivity contribution in [3.05, 3.63) is 98.6 Å². The van der Waals surface area contributed by atoms with Gasteiger partial charge in [-0.2, -0.15) is 0 Å². The Morgan fingerprint density at radius 3 is 1.07 bits per heavy atom. The third kappa shape index (κ3) is 5.33. The first kappa shape index (κ1) is 31.4. The van der Waals surface area contributed by atoms with Gasteiger partial charge in [-0.3, -0.25) is 4.79 Å². The predicted molar refractivity (Wildman–Crippen MR) is 108 cm³/mol. The van der Waals surface area contributed by atoms with Crippen LogP contribution in [0.2, 0.25) is 6.32 Å². The standard InChI is InChI=1S/C23H6BF15O2/c1-4(40)41-5(2-6-9(25)15(31)21(37)16(32)10(6)26)3-24(7-11(27)17(33)22(38)18(34)12(7)28)8-13(29)19(35)23(39)20(36)14(8)30/h2H,3H2,1H3/b5-2-. The molecular formula is C23H6BF15O2. The van der Waals surface area contributed by atoms with E-state index < -0.39 is 129 Å². The van der Waals surface area contributed by atoms with Gasteiger partial charge in [0.15, 0.2) is 81.4 Å². The van der Waals surface area contributed by atoms with E-state index in [1.165, 1.54) is 0 Å². The zero-order chi connectivity index (χ0) is 31.2. The fourth-order valence-electron chi connectivity index (χ4n) is 3.63. The van der Waals surface area contributed by atoms with Gasteiger partial charge in [-0.25, -0.2) is 65.9 Å². The molecule has 0 spiro atoms. The topological polar surface area (TPSA) is 26.3 Å². The van der Waals surface area contributed by atoms with Gasteiger partial charge in [0, 0.05) is 17.8 Å². The third-order valence-electron chi connectivity index (χ3n) is 5.41. The van der Waals surface area contributed by atoms with Crippen LogP contribution in [0.15, 0.2) is 5.76 Å². The quantitative estimate of drug-likeness (QED) is 0.0858. The minimum absolute atomic E-state index is 0.261. The summed E-state index contributed by atoms with van der Waals surface area (Å²) in [5.74, 6) is -44.7. The van der Waals surface area contributed by atoms with Crippen molar-refractivity contribution in [2.75, 3.05) is 0 Å². The van der Waals surface area contributed by atoms with Gasteiger partial charge in [-0.15, -0.1) is 0 Å². The number of rotatable bonds is 6. The van der Waals surface area contributed by atoms with E-state index in [0.29, 0.717) is 6.92 Å². The first-order chi connectivity index (χ1) is 18.9. The molecule has 41 heavy (non-hydrogen) atoms. The van der Waals surface area contributed by atoms with Crippen molar-refractivity contribution in [1.82, 2.24) is 0 Å². The van der Waals surface area contributed by atoms with Gasteiger partial charge in [0.2, 0.25) is 12.5 Å². The lowest BCUT2D eigenvalue weighted by molar-refractivity contribution is -0.136. The molecule has 0 saturated heterocycles.